The summed E-state index contributed by atoms with van der Waals surface area (Å²) < 4.78 is 35.9. The van der Waals surface area contributed by atoms with Crippen molar-refractivity contribution < 1.29 is 22.8 Å². The van der Waals surface area contributed by atoms with Crippen molar-refractivity contribution in [3.8, 4) is 0 Å². The standard InChI is InChI=1S/C20H16Br2Cl3F3N2O2/c1-9(3-4-14(25)10(2)17(31)29-8-19(26,27)28)30-18(32)16-15(20(16,21)22)11-5-12(23)7-13(24)6-11/h3-7,15-16H,1,8H2,2H3,(H,29,31)(H,30,32)/b4-3-,14-10-. The molecule has 0 aliphatic heterocycles. The van der Waals surface area contributed by atoms with Crippen molar-refractivity contribution in [1.82, 2.24) is 10.6 Å². The first-order valence-corrected chi connectivity index (χ1v) is 11.6. The molecule has 1 aromatic rings. The molecule has 12 heteroatoms. The van der Waals surface area contributed by atoms with E-state index in [0.29, 0.717) is 10.0 Å². The van der Waals surface area contributed by atoms with Crippen molar-refractivity contribution in [2.75, 3.05) is 6.54 Å². The smallest absolute Gasteiger partial charge is 0.343 e. The first-order valence-electron chi connectivity index (χ1n) is 8.86. The zero-order chi connectivity index (χ0) is 24.4. The number of amides is 2. The average Bonchev–Trinajstić information content (AvgIpc) is 3.24. The molecular formula is C20H16Br2Cl3F3N2O2. The molecule has 0 heterocycles. The second kappa shape index (κ2) is 10.5. The highest BCUT2D eigenvalue weighted by atomic mass is 79.9. The number of hydrogen-bond donors (Lipinski definition) is 2. The predicted molar refractivity (Wildman–Crippen MR) is 127 cm³/mol. The molecule has 1 aliphatic carbocycles. The van der Waals surface area contributed by atoms with Crippen LogP contribution in [-0.2, 0) is 9.59 Å². The number of alkyl halides is 5. The molecule has 0 radical (unpaired) electrons. The number of carbonyl (C=O) groups is 2. The van der Waals surface area contributed by atoms with Gasteiger partial charge in [0, 0.05) is 32.3 Å². The Morgan fingerprint density at radius 1 is 1.19 bits per heavy atom. The van der Waals surface area contributed by atoms with E-state index < -0.39 is 27.8 Å². The third kappa shape index (κ3) is 7.25. The maximum atomic E-state index is 12.7. The SMILES string of the molecule is C=C(/C=C\C(Cl)=C(/C)C(=O)NCC(F)(F)F)NC(=O)C1C(c2cc(Cl)cc(Cl)c2)C1(Br)Br. The van der Waals surface area contributed by atoms with Gasteiger partial charge in [-0.15, -0.1) is 0 Å². The second-order valence-corrected chi connectivity index (χ2v) is 11.9. The van der Waals surface area contributed by atoms with Crippen molar-refractivity contribution in [2.24, 2.45) is 5.92 Å². The van der Waals surface area contributed by atoms with Gasteiger partial charge in [-0.05, 0) is 42.8 Å². The molecule has 1 fully saturated rings. The zero-order valence-corrected chi connectivity index (χ0v) is 21.7. The Hall–Kier alpha value is -1.000. The van der Waals surface area contributed by atoms with Gasteiger partial charge in [0.25, 0.3) is 0 Å². The van der Waals surface area contributed by atoms with Crippen molar-refractivity contribution >= 4 is 78.5 Å². The number of hydrogen-bond acceptors (Lipinski definition) is 2. The Morgan fingerprint density at radius 3 is 2.28 bits per heavy atom. The fourth-order valence-electron chi connectivity index (χ4n) is 2.82. The average molecular weight is 640 g/mol. The first kappa shape index (κ1) is 27.2. The van der Waals surface area contributed by atoms with Gasteiger partial charge in [-0.25, -0.2) is 0 Å². The van der Waals surface area contributed by atoms with Crippen LogP contribution in [0.25, 0.3) is 0 Å². The molecule has 2 unspecified atom stereocenters. The highest BCUT2D eigenvalue weighted by molar-refractivity contribution is 9.25. The van der Waals surface area contributed by atoms with E-state index in [4.69, 9.17) is 34.8 Å². The van der Waals surface area contributed by atoms with E-state index in [9.17, 15) is 22.8 Å². The molecule has 2 N–H and O–H groups in total. The quantitative estimate of drug-likeness (QED) is 0.202. The Morgan fingerprint density at radius 2 is 1.75 bits per heavy atom. The predicted octanol–water partition coefficient (Wildman–Crippen LogP) is 6.57. The molecule has 1 saturated carbocycles. The van der Waals surface area contributed by atoms with Crippen LogP contribution in [0.3, 0.4) is 0 Å². The summed E-state index contributed by atoms with van der Waals surface area (Å²) in [4.78, 5) is 24.4. The molecule has 0 saturated heterocycles. The van der Waals surface area contributed by atoms with Crippen LogP contribution in [0.2, 0.25) is 10.0 Å². The van der Waals surface area contributed by atoms with Gasteiger partial charge in [0.05, 0.1) is 5.92 Å². The number of halogens is 8. The summed E-state index contributed by atoms with van der Waals surface area (Å²) in [6.07, 6.45) is -1.95. The summed E-state index contributed by atoms with van der Waals surface area (Å²) in [7, 11) is 0. The molecule has 0 spiro atoms. The van der Waals surface area contributed by atoms with Crippen LogP contribution in [0.1, 0.15) is 18.4 Å². The van der Waals surface area contributed by atoms with Gasteiger partial charge in [0.15, 0.2) is 0 Å². The summed E-state index contributed by atoms with van der Waals surface area (Å²) in [5.74, 6) is -2.08. The number of rotatable bonds is 7. The zero-order valence-electron chi connectivity index (χ0n) is 16.3. The fourth-order valence-corrected chi connectivity index (χ4v) is 5.25. The van der Waals surface area contributed by atoms with Crippen LogP contribution >= 0.6 is 66.7 Å². The normalized spacial score (nSPS) is 20.5. The number of carbonyl (C=O) groups excluding carboxylic acids is 2. The lowest BCUT2D eigenvalue weighted by Crippen LogP contribution is -2.34. The molecule has 1 aliphatic rings. The van der Waals surface area contributed by atoms with Gasteiger partial charge in [0.2, 0.25) is 11.8 Å². The van der Waals surface area contributed by atoms with Crippen LogP contribution in [-0.4, -0.2) is 27.8 Å². The van der Waals surface area contributed by atoms with Crippen LogP contribution in [0.5, 0.6) is 0 Å². The Kier molecular flexibility index (Phi) is 8.95. The van der Waals surface area contributed by atoms with Gasteiger partial charge in [-0.2, -0.15) is 13.2 Å². The molecular weight excluding hydrogens is 623 g/mol. The van der Waals surface area contributed by atoms with Gasteiger partial charge in [-0.3, -0.25) is 9.59 Å². The number of allylic oxidation sites excluding steroid dienone is 3. The largest absolute Gasteiger partial charge is 0.405 e. The van der Waals surface area contributed by atoms with Gasteiger partial charge in [-0.1, -0.05) is 73.2 Å². The fraction of sp³-hybridized carbons (Fsp3) is 0.300. The van der Waals surface area contributed by atoms with E-state index in [-0.39, 0.29) is 28.1 Å². The maximum Gasteiger partial charge on any atom is 0.405 e. The van der Waals surface area contributed by atoms with Crippen molar-refractivity contribution in [3.05, 3.63) is 68.8 Å². The summed E-state index contributed by atoms with van der Waals surface area (Å²) in [5, 5.41) is 5.12. The summed E-state index contributed by atoms with van der Waals surface area (Å²) in [6, 6.07) is 5.02. The highest BCUT2D eigenvalue weighted by Crippen LogP contribution is 2.67. The molecule has 2 rings (SSSR count). The Bertz CT molecular complexity index is 990. The third-order valence-corrected chi connectivity index (χ3v) is 7.26. The molecule has 32 heavy (non-hydrogen) atoms. The van der Waals surface area contributed by atoms with Gasteiger partial charge >= 0.3 is 6.18 Å². The van der Waals surface area contributed by atoms with Gasteiger partial charge < -0.3 is 10.6 Å². The molecule has 174 valence electrons. The van der Waals surface area contributed by atoms with Crippen molar-refractivity contribution in [1.29, 1.82) is 0 Å². The monoisotopic (exact) mass is 636 g/mol. The van der Waals surface area contributed by atoms with E-state index in [1.807, 2.05) is 0 Å². The number of benzene rings is 1. The first-order chi connectivity index (χ1) is 14.6. The third-order valence-electron chi connectivity index (χ3n) is 4.44. The van der Waals surface area contributed by atoms with Crippen LogP contribution in [0.15, 0.2) is 53.2 Å². The molecule has 4 nitrogen and oxygen atoms in total. The lowest BCUT2D eigenvalue weighted by Gasteiger charge is -2.09. The molecule has 0 aromatic heterocycles. The minimum Gasteiger partial charge on any atom is -0.343 e. The topological polar surface area (TPSA) is 58.2 Å². The lowest BCUT2D eigenvalue weighted by molar-refractivity contribution is -0.136. The summed E-state index contributed by atoms with van der Waals surface area (Å²) in [6.45, 7) is 3.50. The summed E-state index contributed by atoms with van der Waals surface area (Å²) in [5.41, 5.74) is 0.817. The molecule has 0 bridgehead atoms. The second-order valence-electron chi connectivity index (χ2n) is 6.95. The highest BCUT2D eigenvalue weighted by Gasteiger charge is 2.66. The minimum atomic E-state index is -4.53. The van der Waals surface area contributed by atoms with E-state index in [2.05, 4.69) is 43.8 Å². The maximum absolute atomic E-state index is 12.7. The van der Waals surface area contributed by atoms with Crippen LogP contribution in [0.4, 0.5) is 13.2 Å². The van der Waals surface area contributed by atoms with E-state index >= 15 is 0 Å². The van der Waals surface area contributed by atoms with Gasteiger partial charge in [0.1, 0.15) is 9.78 Å². The van der Waals surface area contributed by atoms with E-state index in [1.54, 1.807) is 23.5 Å². The molecule has 1 aromatic carbocycles. The van der Waals surface area contributed by atoms with Crippen molar-refractivity contribution in [3.63, 3.8) is 0 Å². The molecule has 2 atom stereocenters. The van der Waals surface area contributed by atoms with Crippen LogP contribution in [0, 0.1) is 5.92 Å². The van der Waals surface area contributed by atoms with Crippen molar-refractivity contribution in [2.45, 2.75) is 22.3 Å². The summed E-state index contributed by atoms with van der Waals surface area (Å²) >= 11 is 25.0. The van der Waals surface area contributed by atoms with Crippen LogP contribution < -0.4 is 10.6 Å². The minimum absolute atomic E-state index is 0.103. The molecule has 2 amide bonds. The lowest BCUT2D eigenvalue weighted by atomic mass is 10.1. The Labute approximate surface area is 214 Å². The van der Waals surface area contributed by atoms with E-state index in [0.717, 1.165) is 5.56 Å². The van der Waals surface area contributed by atoms with E-state index in [1.165, 1.54) is 19.1 Å². The number of nitrogens with one attached hydrogen (secondary N) is 2. The Balaban J connectivity index is 2.01.